The van der Waals surface area contributed by atoms with Gasteiger partial charge in [-0.15, -0.1) is 11.3 Å². The predicted molar refractivity (Wildman–Crippen MR) is 110 cm³/mol. The number of carbonyl (C=O) groups is 3. The minimum Gasteiger partial charge on any atom is -0.368 e. The zero-order valence-corrected chi connectivity index (χ0v) is 17.4. The van der Waals surface area contributed by atoms with Crippen LogP contribution in [-0.4, -0.2) is 84.5 Å². The SMILES string of the molecule is O=C(Nc1cccs1)N1CCC(C(=O)N2CCN(C(=O)C3CCCO3)CC2)CC1. The summed E-state index contributed by atoms with van der Waals surface area (Å²) in [5.41, 5.74) is 0. The zero-order chi connectivity index (χ0) is 20.2. The molecule has 3 fully saturated rings. The Kier molecular flexibility index (Phi) is 6.34. The number of urea groups is 1. The van der Waals surface area contributed by atoms with E-state index in [0.29, 0.717) is 58.7 Å². The van der Waals surface area contributed by atoms with Crippen LogP contribution >= 0.6 is 11.3 Å². The molecular formula is C20H28N4O4S. The van der Waals surface area contributed by atoms with Crippen LogP contribution < -0.4 is 5.32 Å². The second-order valence-electron chi connectivity index (χ2n) is 7.82. The van der Waals surface area contributed by atoms with Crippen LogP contribution in [0.4, 0.5) is 9.80 Å². The van der Waals surface area contributed by atoms with Crippen LogP contribution in [0, 0.1) is 5.92 Å². The summed E-state index contributed by atoms with van der Waals surface area (Å²) >= 11 is 1.49. The number of anilines is 1. The smallest absolute Gasteiger partial charge is 0.322 e. The fourth-order valence-corrected chi connectivity index (χ4v) is 4.85. The van der Waals surface area contributed by atoms with Gasteiger partial charge in [0.1, 0.15) is 6.10 Å². The molecule has 0 aliphatic carbocycles. The van der Waals surface area contributed by atoms with E-state index in [1.807, 2.05) is 27.3 Å². The molecule has 0 saturated carbocycles. The number of piperazine rings is 1. The Morgan fingerprint density at radius 2 is 1.62 bits per heavy atom. The lowest BCUT2D eigenvalue weighted by atomic mass is 9.95. The van der Waals surface area contributed by atoms with Gasteiger partial charge in [0.25, 0.3) is 5.91 Å². The minimum atomic E-state index is -0.290. The van der Waals surface area contributed by atoms with Crippen LogP contribution in [0.3, 0.4) is 0 Å². The standard InChI is InChI=1S/C20H28N4O4S/c25-18(22-9-11-23(12-10-22)19(26)16-3-1-13-28-16)15-5-7-24(8-6-15)20(27)21-17-4-2-14-29-17/h2,4,14-16H,1,3,5-13H2,(H,21,27). The molecule has 1 unspecified atom stereocenters. The van der Waals surface area contributed by atoms with E-state index in [4.69, 9.17) is 4.74 Å². The van der Waals surface area contributed by atoms with Crippen LogP contribution in [-0.2, 0) is 14.3 Å². The molecule has 3 aliphatic rings. The van der Waals surface area contributed by atoms with Crippen molar-refractivity contribution < 1.29 is 19.1 Å². The highest BCUT2D eigenvalue weighted by molar-refractivity contribution is 7.14. The quantitative estimate of drug-likeness (QED) is 0.809. The molecule has 158 valence electrons. The fraction of sp³-hybridized carbons (Fsp3) is 0.650. The largest absolute Gasteiger partial charge is 0.368 e. The third kappa shape index (κ3) is 4.72. The number of nitrogens with zero attached hydrogens (tertiary/aromatic N) is 3. The highest BCUT2D eigenvalue weighted by atomic mass is 32.1. The third-order valence-electron chi connectivity index (χ3n) is 5.99. The van der Waals surface area contributed by atoms with E-state index in [0.717, 1.165) is 17.8 Å². The molecule has 9 heteroatoms. The number of rotatable bonds is 3. The van der Waals surface area contributed by atoms with E-state index in [2.05, 4.69) is 5.32 Å². The van der Waals surface area contributed by atoms with Crippen LogP contribution in [0.15, 0.2) is 17.5 Å². The number of piperidine rings is 1. The van der Waals surface area contributed by atoms with E-state index in [1.54, 1.807) is 4.90 Å². The maximum atomic E-state index is 12.9. The van der Waals surface area contributed by atoms with Gasteiger partial charge in [0.2, 0.25) is 5.91 Å². The first-order chi connectivity index (χ1) is 14.1. The second kappa shape index (κ2) is 9.13. The first-order valence-electron chi connectivity index (χ1n) is 10.4. The average molecular weight is 421 g/mol. The number of ether oxygens (including phenoxy) is 1. The molecule has 1 aromatic rings. The zero-order valence-electron chi connectivity index (χ0n) is 16.5. The normalized spacial score (nSPS) is 23.3. The van der Waals surface area contributed by atoms with Crippen LogP contribution in [0.1, 0.15) is 25.7 Å². The number of hydrogen-bond acceptors (Lipinski definition) is 5. The Morgan fingerprint density at radius 1 is 0.931 bits per heavy atom. The lowest BCUT2D eigenvalue weighted by Crippen LogP contribution is -2.54. The Bertz CT molecular complexity index is 719. The van der Waals surface area contributed by atoms with Gasteiger partial charge in [0, 0.05) is 51.8 Å². The highest BCUT2D eigenvalue weighted by Gasteiger charge is 2.34. The van der Waals surface area contributed by atoms with Crippen LogP contribution in [0.5, 0.6) is 0 Å². The molecule has 1 aromatic heterocycles. The number of hydrogen-bond donors (Lipinski definition) is 1. The Balaban J connectivity index is 1.21. The van der Waals surface area contributed by atoms with E-state index >= 15 is 0 Å². The van der Waals surface area contributed by atoms with Crippen molar-refractivity contribution in [1.29, 1.82) is 0 Å². The summed E-state index contributed by atoms with van der Waals surface area (Å²) < 4.78 is 5.49. The van der Waals surface area contributed by atoms with E-state index in [1.165, 1.54) is 11.3 Å². The van der Waals surface area contributed by atoms with Gasteiger partial charge in [0.15, 0.2) is 0 Å². The summed E-state index contributed by atoms with van der Waals surface area (Å²) in [7, 11) is 0. The van der Waals surface area contributed by atoms with Gasteiger partial charge in [-0.1, -0.05) is 0 Å². The Morgan fingerprint density at radius 3 is 2.21 bits per heavy atom. The van der Waals surface area contributed by atoms with Crippen LogP contribution in [0.25, 0.3) is 0 Å². The summed E-state index contributed by atoms with van der Waals surface area (Å²) in [4.78, 5) is 43.2. The van der Waals surface area contributed by atoms with Crippen molar-refractivity contribution in [3.8, 4) is 0 Å². The summed E-state index contributed by atoms with van der Waals surface area (Å²) in [5, 5.41) is 5.66. The molecular weight excluding hydrogens is 392 g/mol. The van der Waals surface area contributed by atoms with Gasteiger partial charge in [-0.2, -0.15) is 0 Å². The van der Waals surface area contributed by atoms with Gasteiger partial charge in [0.05, 0.1) is 5.00 Å². The second-order valence-corrected chi connectivity index (χ2v) is 8.77. The molecule has 0 spiro atoms. The van der Waals surface area contributed by atoms with Crippen molar-refractivity contribution in [3.05, 3.63) is 17.5 Å². The molecule has 1 atom stereocenters. The van der Waals surface area contributed by atoms with Gasteiger partial charge in [-0.05, 0) is 43.2 Å². The maximum Gasteiger partial charge on any atom is 0.322 e. The highest BCUT2D eigenvalue weighted by Crippen LogP contribution is 2.23. The number of thiophene rings is 1. The van der Waals surface area contributed by atoms with E-state index in [9.17, 15) is 14.4 Å². The summed E-state index contributed by atoms with van der Waals surface area (Å²) in [6, 6.07) is 3.68. The number of carbonyl (C=O) groups excluding carboxylic acids is 3. The summed E-state index contributed by atoms with van der Waals surface area (Å²) in [6.07, 6.45) is 2.83. The van der Waals surface area contributed by atoms with Crippen molar-refractivity contribution in [2.45, 2.75) is 31.8 Å². The molecule has 0 aromatic carbocycles. The lowest BCUT2D eigenvalue weighted by molar-refractivity contribution is -0.147. The summed E-state index contributed by atoms with van der Waals surface area (Å²) in [5.74, 6) is 0.188. The van der Waals surface area contributed by atoms with E-state index < -0.39 is 0 Å². The van der Waals surface area contributed by atoms with Crippen molar-refractivity contribution in [3.63, 3.8) is 0 Å². The minimum absolute atomic E-state index is 0.0406. The molecule has 8 nitrogen and oxygen atoms in total. The van der Waals surface area contributed by atoms with Crippen molar-refractivity contribution in [2.24, 2.45) is 5.92 Å². The first-order valence-corrected chi connectivity index (χ1v) is 11.3. The van der Waals surface area contributed by atoms with Gasteiger partial charge < -0.3 is 19.4 Å². The summed E-state index contributed by atoms with van der Waals surface area (Å²) in [6.45, 7) is 4.15. The maximum absolute atomic E-state index is 12.9. The van der Waals surface area contributed by atoms with Gasteiger partial charge in [-0.25, -0.2) is 4.79 Å². The molecule has 4 amide bonds. The number of nitrogens with one attached hydrogen (secondary N) is 1. The van der Waals surface area contributed by atoms with Gasteiger partial charge >= 0.3 is 6.03 Å². The molecule has 4 rings (SSSR count). The number of likely N-dealkylation sites (tertiary alicyclic amines) is 1. The van der Waals surface area contributed by atoms with Gasteiger partial charge in [-0.3, -0.25) is 14.9 Å². The molecule has 3 saturated heterocycles. The monoisotopic (exact) mass is 420 g/mol. The van der Waals surface area contributed by atoms with Crippen molar-refractivity contribution >= 4 is 34.2 Å². The first kappa shape index (κ1) is 20.2. The topological polar surface area (TPSA) is 82.2 Å². The van der Waals surface area contributed by atoms with Crippen molar-refractivity contribution in [1.82, 2.24) is 14.7 Å². The Labute approximate surface area is 174 Å². The fourth-order valence-electron chi connectivity index (χ4n) is 4.25. The predicted octanol–water partition coefficient (Wildman–Crippen LogP) is 1.84. The molecule has 0 radical (unpaired) electrons. The molecule has 1 N–H and O–H groups in total. The lowest BCUT2D eigenvalue weighted by Gasteiger charge is -2.39. The average Bonchev–Trinajstić information content (AvgIpc) is 3.47. The van der Waals surface area contributed by atoms with Crippen LogP contribution in [0.2, 0.25) is 0 Å². The van der Waals surface area contributed by atoms with Crippen molar-refractivity contribution in [2.75, 3.05) is 51.2 Å². The molecule has 3 aliphatic heterocycles. The third-order valence-corrected chi connectivity index (χ3v) is 6.78. The number of amides is 4. The van der Waals surface area contributed by atoms with E-state index in [-0.39, 0.29) is 29.9 Å². The molecule has 29 heavy (non-hydrogen) atoms. The molecule has 0 bridgehead atoms. The molecule has 4 heterocycles. The Hall–Kier alpha value is -2.13.